The third-order valence-corrected chi connectivity index (χ3v) is 3.31. The summed E-state index contributed by atoms with van der Waals surface area (Å²) in [5.41, 5.74) is 1.15. The van der Waals surface area contributed by atoms with E-state index in [0.717, 1.165) is 23.8 Å². The van der Waals surface area contributed by atoms with Crippen molar-refractivity contribution in [2.24, 2.45) is 0 Å². The smallest absolute Gasteiger partial charge is 0.149 e. The molecular formula is C12H16N2O. The van der Waals surface area contributed by atoms with Crippen LogP contribution in [0, 0.1) is 0 Å². The van der Waals surface area contributed by atoms with Crippen molar-refractivity contribution in [3.05, 3.63) is 23.7 Å². The fourth-order valence-electron chi connectivity index (χ4n) is 2.46. The zero-order valence-corrected chi connectivity index (χ0v) is 8.99. The SMILES string of the molecule is CN1CCC[C@H]1c1cc2c(o1)C=CCN2. The summed E-state index contributed by atoms with van der Waals surface area (Å²) in [6, 6.07) is 2.64. The molecule has 0 saturated carbocycles. The summed E-state index contributed by atoms with van der Waals surface area (Å²) in [5, 5.41) is 3.32. The summed E-state index contributed by atoms with van der Waals surface area (Å²) in [6.45, 7) is 2.09. The van der Waals surface area contributed by atoms with Gasteiger partial charge in [0.25, 0.3) is 0 Å². The van der Waals surface area contributed by atoms with E-state index in [4.69, 9.17) is 4.42 Å². The predicted molar refractivity (Wildman–Crippen MR) is 60.8 cm³/mol. The van der Waals surface area contributed by atoms with Gasteiger partial charge in [0.2, 0.25) is 0 Å². The number of nitrogens with one attached hydrogen (secondary N) is 1. The summed E-state index contributed by atoms with van der Waals surface area (Å²) >= 11 is 0. The normalized spacial score (nSPS) is 25.3. The van der Waals surface area contributed by atoms with Crippen LogP contribution in [0.2, 0.25) is 0 Å². The van der Waals surface area contributed by atoms with Crippen molar-refractivity contribution in [1.82, 2.24) is 4.90 Å². The Balaban J connectivity index is 1.92. The standard InChI is InChI=1S/C12H16N2O/c1-14-7-3-4-10(14)12-8-9-11(15-12)5-2-6-13-9/h2,5,8,10,13H,3-4,6-7H2,1H3/t10-/m0/s1. The first-order valence-electron chi connectivity index (χ1n) is 5.59. The second-order valence-corrected chi connectivity index (χ2v) is 4.35. The number of furan rings is 1. The Labute approximate surface area is 89.8 Å². The van der Waals surface area contributed by atoms with Crippen molar-refractivity contribution in [1.29, 1.82) is 0 Å². The number of fused-ring (bicyclic) bond motifs is 1. The van der Waals surface area contributed by atoms with E-state index >= 15 is 0 Å². The van der Waals surface area contributed by atoms with E-state index in [2.05, 4.69) is 35.5 Å². The minimum absolute atomic E-state index is 0.478. The highest BCUT2D eigenvalue weighted by Gasteiger charge is 2.26. The maximum Gasteiger partial charge on any atom is 0.149 e. The van der Waals surface area contributed by atoms with Gasteiger partial charge in [0, 0.05) is 12.6 Å². The predicted octanol–water partition coefficient (Wildman–Crippen LogP) is 2.49. The molecule has 1 atom stereocenters. The molecule has 0 spiro atoms. The minimum atomic E-state index is 0.478. The van der Waals surface area contributed by atoms with Crippen molar-refractivity contribution >= 4 is 11.8 Å². The number of hydrogen-bond acceptors (Lipinski definition) is 3. The van der Waals surface area contributed by atoms with Gasteiger partial charge >= 0.3 is 0 Å². The zero-order chi connectivity index (χ0) is 10.3. The van der Waals surface area contributed by atoms with E-state index in [9.17, 15) is 0 Å². The Morgan fingerprint density at radius 3 is 3.20 bits per heavy atom. The molecule has 1 aromatic heterocycles. The maximum atomic E-state index is 5.87. The molecule has 0 amide bonds. The number of nitrogens with zero attached hydrogens (tertiary/aromatic N) is 1. The van der Waals surface area contributed by atoms with Gasteiger partial charge in [-0.3, -0.25) is 4.90 Å². The van der Waals surface area contributed by atoms with Crippen molar-refractivity contribution in [3.8, 4) is 0 Å². The summed E-state index contributed by atoms with van der Waals surface area (Å²) in [4.78, 5) is 2.37. The minimum Gasteiger partial charge on any atom is -0.458 e. The molecule has 15 heavy (non-hydrogen) atoms. The summed E-state index contributed by atoms with van der Waals surface area (Å²) in [7, 11) is 2.17. The van der Waals surface area contributed by atoms with Crippen molar-refractivity contribution in [3.63, 3.8) is 0 Å². The molecule has 3 heterocycles. The van der Waals surface area contributed by atoms with Crippen LogP contribution < -0.4 is 5.32 Å². The highest BCUT2D eigenvalue weighted by atomic mass is 16.3. The number of hydrogen-bond donors (Lipinski definition) is 1. The molecule has 0 aromatic carbocycles. The van der Waals surface area contributed by atoms with Crippen LogP contribution in [0.3, 0.4) is 0 Å². The van der Waals surface area contributed by atoms with Gasteiger partial charge in [-0.25, -0.2) is 0 Å². The van der Waals surface area contributed by atoms with E-state index < -0.39 is 0 Å². The Morgan fingerprint density at radius 2 is 2.47 bits per heavy atom. The van der Waals surface area contributed by atoms with Crippen molar-refractivity contribution in [2.75, 3.05) is 25.5 Å². The molecule has 80 valence electrons. The first-order valence-corrected chi connectivity index (χ1v) is 5.59. The van der Waals surface area contributed by atoms with Crippen LogP contribution >= 0.6 is 0 Å². The third-order valence-electron chi connectivity index (χ3n) is 3.31. The summed E-state index contributed by atoms with van der Waals surface area (Å²) < 4.78 is 5.87. The number of likely N-dealkylation sites (tertiary alicyclic amines) is 1. The Kier molecular flexibility index (Phi) is 2.06. The van der Waals surface area contributed by atoms with Gasteiger partial charge < -0.3 is 9.73 Å². The lowest BCUT2D eigenvalue weighted by Gasteiger charge is -2.16. The highest BCUT2D eigenvalue weighted by molar-refractivity contribution is 5.66. The van der Waals surface area contributed by atoms with E-state index in [0.29, 0.717) is 6.04 Å². The molecule has 1 fully saturated rings. The van der Waals surface area contributed by atoms with E-state index in [1.54, 1.807) is 0 Å². The van der Waals surface area contributed by atoms with Crippen LogP contribution in [0.25, 0.3) is 6.08 Å². The molecule has 1 aromatic rings. The van der Waals surface area contributed by atoms with E-state index in [1.807, 2.05) is 0 Å². The van der Waals surface area contributed by atoms with Crippen LogP contribution in [-0.2, 0) is 0 Å². The van der Waals surface area contributed by atoms with Crippen LogP contribution in [0.15, 0.2) is 16.6 Å². The van der Waals surface area contributed by atoms with Gasteiger partial charge in [0.15, 0.2) is 0 Å². The highest BCUT2D eigenvalue weighted by Crippen LogP contribution is 2.35. The summed E-state index contributed by atoms with van der Waals surface area (Å²) in [5.74, 6) is 2.09. The number of anilines is 1. The molecule has 0 bridgehead atoms. The lowest BCUT2D eigenvalue weighted by molar-refractivity contribution is 0.275. The van der Waals surface area contributed by atoms with E-state index in [-0.39, 0.29) is 0 Å². The second-order valence-electron chi connectivity index (χ2n) is 4.35. The molecule has 0 aliphatic carbocycles. The molecule has 1 N–H and O–H groups in total. The van der Waals surface area contributed by atoms with Crippen LogP contribution in [0.4, 0.5) is 5.69 Å². The Bertz CT molecular complexity index is 394. The molecule has 3 nitrogen and oxygen atoms in total. The lowest BCUT2D eigenvalue weighted by Crippen LogP contribution is -2.16. The fourth-order valence-corrected chi connectivity index (χ4v) is 2.46. The Hall–Kier alpha value is -1.22. The van der Waals surface area contributed by atoms with Crippen LogP contribution in [-0.4, -0.2) is 25.0 Å². The van der Waals surface area contributed by atoms with E-state index in [1.165, 1.54) is 19.4 Å². The first-order chi connectivity index (χ1) is 7.34. The average molecular weight is 204 g/mol. The molecule has 1 saturated heterocycles. The van der Waals surface area contributed by atoms with Crippen molar-refractivity contribution in [2.45, 2.75) is 18.9 Å². The Morgan fingerprint density at radius 1 is 1.53 bits per heavy atom. The van der Waals surface area contributed by atoms with Crippen LogP contribution in [0.1, 0.15) is 30.4 Å². The van der Waals surface area contributed by atoms with Gasteiger partial charge in [-0.1, -0.05) is 6.08 Å². The third kappa shape index (κ3) is 1.47. The number of rotatable bonds is 1. The second kappa shape index (κ2) is 3.42. The molecule has 0 radical (unpaired) electrons. The van der Waals surface area contributed by atoms with Gasteiger partial charge in [-0.2, -0.15) is 0 Å². The molecular weight excluding hydrogens is 188 g/mol. The lowest BCUT2D eigenvalue weighted by atomic mass is 10.1. The fraction of sp³-hybridized carbons (Fsp3) is 0.500. The van der Waals surface area contributed by atoms with Gasteiger partial charge in [-0.05, 0) is 32.5 Å². The molecule has 2 aliphatic heterocycles. The van der Waals surface area contributed by atoms with Gasteiger partial charge in [0.05, 0.1) is 11.7 Å². The monoisotopic (exact) mass is 204 g/mol. The van der Waals surface area contributed by atoms with Gasteiger partial charge in [-0.15, -0.1) is 0 Å². The first kappa shape index (κ1) is 9.04. The summed E-state index contributed by atoms with van der Waals surface area (Å²) in [6.07, 6.45) is 6.64. The molecule has 2 aliphatic rings. The zero-order valence-electron chi connectivity index (χ0n) is 8.99. The van der Waals surface area contributed by atoms with Crippen LogP contribution in [0.5, 0.6) is 0 Å². The quantitative estimate of drug-likeness (QED) is 0.761. The van der Waals surface area contributed by atoms with Gasteiger partial charge in [0.1, 0.15) is 11.5 Å². The topological polar surface area (TPSA) is 28.4 Å². The maximum absolute atomic E-state index is 5.87. The van der Waals surface area contributed by atoms with Crippen molar-refractivity contribution < 1.29 is 4.42 Å². The molecule has 3 heteroatoms. The molecule has 0 unspecified atom stereocenters. The largest absolute Gasteiger partial charge is 0.458 e. The molecule has 3 rings (SSSR count). The average Bonchev–Trinajstić information content (AvgIpc) is 2.82.